The van der Waals surface area contributed by atoms with Crippen molar-refractivity contribution >= 4 is 11.6 Å². The zero-order chi connectivity index (χ0) is 10.4. The smallest absolute Gasteiger partial charge is 0.0570 e. The van der Waals surface area contributed by atoms with E-state index in [9.17, 15) is 0 Å². The molecule has 1 heterocycles. The van der Waals surface area contributed by atoms with E-state index in [0.717, 1.165) is 18.7 Å². The van der Waals surface area contributed by atoms with Crippen LogP contribution in [0.4, 0.5) is 0 Å². The lowest BCUT2D eigenvalue weighted by atomic mass is 10.2. The predicted molar refractivity (Wildman–Crippen MR) is 60.6 cm³/mol. The summed E-state index contributed by atoms with van der Waals surface area (Å²) in [6, 6.07) is 4.49. The standard InChI is InChI=1S/C11H17ClN2/c1-9-4-3-7-13-11(9)8-14-10(2)5-6-12/h3-4,7,10,14H,5-6,8H2,1-2H3. The number of halogens is 1. The number of pyridine rings is 1. The van der Waals surface area contributed by atoms with Crippen LogP contribution in [0.1, 0.15) is 24.6 Å². The molecule has 1 rings (SSSR count). The number of nitrogens with zero attached hydrogens (tertiary/aromatic N) is 1. The van der Waals surface area contributed by atoms with Gasteiger partial charge in [-0.1, -0.05) is 6.07 Å². The van der Waals surface area contributed by atoms with E-state index < -0.39 is 0 Å². The Kier molecular flexibility index (Phi) is 4.91. The summed E-state index contributed by atoms with van der Waals surface area (Å²) in [5.41, 5.74) is 2.35. The predicted octanol–water partition coefficient (Wildman–Crippen LogP) is 2.50. The highest BCUT2D eigenvalue weighted by molar-refractivity contribution is 6.17. The molecule has 1 N–H and O–H groups in total. The quantitative estimate of drug-likeness (QED) is 0.759. The molecule has 78 valence electrons. The number of rotatable bonds is 5. The minimum absolute atomic E-state index is 0.453. The molecule has 0 aromatic carbocycles. The number of aryl methyl sites for hydroxylation is 1. The van der Waals surface area contributed by atoms with Gasteiger partial charge in [-0.25, -0.2) is 0 Å². The third-order valence-corrected chi connectivity index (χ3v) is 2.50. The molecule has 0 spiro atoms. The summed E-state index contributed by atoms with van der Waals surface area (Å²) >= 11 is 5.65. The van der Waals surface area contributed by atoms with Crippen LogP contribution in [-0.2, 0) is 6.54 Å². The van der Waals surface area contributed by atoms with E-state index in [-0.39, 0.29) is 0 Å². The fourth-order valence-electron chi connectivity index (χ4n) is 1.24. The maximum absolute atomic E-state index is 5.65. The highest BCUT2D eigenvalue weighted by Gasteiger charge is 2.02. The van der Waals surface area contributed by atoms with Crippen molar-refractivity contribution in [1.29, 1.82) is 0 Å². The van der Waals surface area contributed by atoms with Crippen LogP contribution >= 0.6 is 11.6 Å². The van der Waals surface area contributed by atoms with Crippen LogP contribution in [0.25, 0.3) is 0 Å². The molecule has 1 atom stereocenters. The molecule has 0 bridgehead atoms. The fraction of sp³-hybridized carbons (Fsp3) is 0.545. The fourth-order valence-corrected chi connectivity index (χ4v) is 1.57. The van der Waals surface area contributed by atoms with Crippen LogP contribution in [0.2, 0.25) is 0 Å². The lowest BCUT2D eigenvalue weighted by Crippen LogP contribution is -2.26. The van der Waals surface area contributed by atoms with Gasteiger partial charge >= 0.3 is 0 Å². The van der Waals surface area contributed by atoms with Crippen LogP contribution in [-0.4, -0.2) is 16.9 Å². The van der Waals surface area contributed by atoms with Crippen molar-refractivity contribution in [3.63, 3.8) is 0 Å². The molecule has 0 saturated heterocycles. The molecule has 2 nitrogen and oxygen atoms in total. The van der Waals surface area contributed by atoms with E-state index >= 15 is 0 Å². The van der Waals surface area contributed by atoms with Crippen molar-refractivity contribution in [1.82, 2.24) is 10.3 Å². The Labute approximate surface area is 90.7 Å². The van der Waals surface area contributed by atoms with Gasteiger partial charge in [-0.05, 0) is 31.9 Å². The van der Waals surface area contributed by atoms with Crippen molar-refractivity contribution < 1.29 is 0 Å². The van der Waals surface area contributed by atoms with Crippen molar-refractivity contribution in [3.8, 4) is 0 Å². The van der Waals surface area contributed by atoms with Crippen LogP contribution in [0, 0.1) is 6.92 Å². The van der Waals surface area contributed by atoms with Gasteiger partial charge in [0, 0.05) is 24.7 Å². The van der Waals surface area contributed by atoms with E-state index in [1.54, 1.807) is 0 Å². The minimum Gasteiger partial charge on any atom is -0.309 e. The molecule has 14 heavy (non-hydrogen) atoms. The zero-order valence-corrected chi connectivity index (χ0v) is 9.51. The number of hydrogen-bond donors (Lipinski definition) is 1. The summed E-state index contributed by atoms with van der Waals surface area (Å²) in [7, 11) is 0. The normalized spacial score (nSPS) is 12.8. The van der Waals surface area contributed by atoms with Gasteiger partial charge in [-0.3, -0.25) is 4.98 Å². The monoisotopic (exact) mass is 212 g/mol. The molecule has 0 radical (unpaired) electrons. The maximum Gasteiger partial charge on any atom is 0.0570 e. The number of hydrogen-bond acceptors (Lipinski definition) is 2. The first kappa shape index (κ1) is 11.5. The topological polar surface area (TPSA) is 24.9 Å². The van der Waals surface area contributed by atoms with E-state index in [2.05, 4.69) is 30.2 Å². The lowest BCUT2D eigenvalue weighted by molar-refractivity contribution is 0.530. The molecule has 0 aliphatic heterocycles. The lowest BCUT2D eigenvalue weighted by Gasteiger charge is -2.12. The number of alkyl halides is 1. The molecule has 3 heteroatoms. The minimum atomic E-state index is 0.453. The van der Waals surface area contributed by atoms with Gasteiger partial charge in [0.05, 0.1) is 5.69 Å². The van der Waals surface area contributed by atoms with Gasteiger partial charge in [-0.15, -0.1) is 11.6 Å². The molecule has 1 aromatic heterocycles. The highest BCUT2D eigenvalue weighted by Crippen LogP contribution is 2.03. The van der Waals surface area contributed by atoms with Gasteiger partial charge in [0.25, 0.3) is 0 Å². The van der Waals surface area contributed by atoms with Gasteiger partial charge < -0.3 is 5.32 Å². The second kappa shape index (κ2) is 5.99. The molecule has 0 amide bonds. The van der Waals surface area contributed by atoms with E-state index in [1.165, 1.54) is 5.56 Å². The first-order valence-electron chi connectivity index (χ1n) is 4.94. The first-order chi connectivity index (χ1) is 6.74. The second-order valence-electron chi connectivity index (χ2n) is 3.53. The van der Waals surface area contributed by atoms with Gasteiger partial charge in [0.2, 0.25) is 0 Å². The van der Waals surface area contributed by atoms with E-state index in [1.807, 2.05) is 12.3 Å². The average Bonchev–Trinajstić information content (AvgIpc) is 2.17. The van der Waals surface area contributed by atoms with Crippen LogP contribution in [0.15, 0.2) is 18.3 Å². The van der Waals surface area contributed by atoms with E-state index in [0.29, 0.717) is 11.9 Å². The third kappa shape index (κ3) is 3.64. The molecular weight excluding hydrogens is 196 g/mol. The summed E-state index contributed by atoms with van der Waals surface area (Å²) in [5.74, 6) is 0.704. The van der Waals surface area contributed by atoms with Crippen molar-refractivity contribution in [2.24, 2.45) is 0 Å². The molecule has 1 aromatic rings. The van der Waals surface area contributed by atoms with Crippen molar-refractivity contribution in [2.75, 3.05) is 5.88 Å². The van der Waals surface area contributed by atoms with Crippen LogP contribution in [0.3, 0.4) is 0 Å². The second-order valence-corrected chi connectivity index (χ2v) is 3.90. The van der Waals surface area contributed by atoms with E-state index in [4.69, 9.17) is 11.6 Å². The van der Waals surface area contributed by atoms with Crippen molar-refractivity contribution in [2.45, 2.75) is 32.9 Å². The zero-order valence-electron chi connectivity index (χ0n) is 8.76. The Morgan fingerprint density at radius 3 is 3.00 bits per heavy atom. The molecule has 0 saturated carbocycles. The number of aromatic nitrogens is 1. The molecular formula is C11H17ClN2. The first-order valence-corrected chi connectivity index (χ1v) is 5.47. The Morgan fingerprint density at radius 2 is 2.36 bits per heavy atom. The summed E-state index contributed by atoms with van der Waals surface area (Å²) in [4.78, 5) is 4.31. The number of nitrogens with one attached hydrogen (secondary N) is 1. The third-order valence-electron chi connectivity index (χ3n) is 2.28. The Morgan fingerprint density at radius 1 is 1.57 bits per heavy atom. The van der Waals surface area contributed by atoms with Gasteiger partial charge in [0.15, 0.2) is 0 Å². The highest BCUT2D eigenvalue weighted by atomic mass is 35.5. The van der Waals surface area contributed by atoms with Gasteiger partial charge in [0.1, 0.15) is 0 Å². The summed E-state index contributed by atoms with van der Waals surface area (Å²) < 4.78 is 0. The Balaban J connectivity index is 2.41. The SMILES string of the molecule is Cc1cccnc1CNC(C)CCCl. The average molecular weight is 213 g/mol. The van der Waals surface area contributed by atoms with Crippen molar-refractivity contribution in [3.05, 3.63) is 29.6 Å². The maximum atomic E-state index is 5.65. The van der Waals surface area contributed by atoms with Crippen LogP contribution < -0.4 is 5.32 Å². The van der Waals surface area contributed by atoms with Crippen LogP contribution in [0.5, 0.6) is 0 Å². The Bertz CT molecular complexity index is 276. The summed E-state index contributed by atoms with van der Waals surface area (Å²) in [6.07, 6.45) is 2.82. The molecule has 0 aliphatic carbocycles. The summed E-state index contributed by atoms with van der Waals surface area (Å²) in [6.45, 7) is 5.04. The summed E-state index contributed by atoms with van der Waals surface area (Å²) in [5, 5.41) is 3.39. The molecule has 0 fully saturated rings. The van der Waals surface area contributed by atoms with Gasteiger partial charge in [-0.2, -0.15) is 0 Å². The Hall–Kier alpha value is -0.600. The molecule has 1 unspecified atom stereocenters. The molecule has 0 aliphatic rings. The largest absolute Gasteiger partial charge is 0.309 e.